The van der Waals surface area contributed by atoms with Crippen molar-refractivity contribution < 1.29 is 4.74 Å². The first-order chi connectivity index (χ1) is 10.7. The maximum Gasteiger partial charge on any atom is 0.120 e. The Hall–Kier alpha value is -1.52. The molecule has 5 heteroatoms. The van der Waals surface area contributed by atoms with Crippen LogP contribution in [0.5, 0.6) is 5.75 Å². The van der Waals surface area contributed by atoms with Crippen LogP contribution < -0.4 is 10.1 Å². The Bertz CT molecular complexity index is 666. The highest BCUT2D eigenvalue weighted by Gasteiger charge is 2.18. The molecule has 2 aromatic rings. The van der Waals surface area contributed by atoms with Gasteiger partial charge in [0.05, 0.1) is 18.5 Å². The summed E-state index contributed by atoms with van der Waals surface area (Å²) in [7, 11) is 3.69. The summed E-state index contributed by atoms with van der Waals surface area (Å²) >= 11 is 6.28. The summed E-state index contributed by atoms with van der Waals surface area (Å²) in [6, 6.07) is 5.80. The first-order valence-electron chi connectivity index (χ1n) is 7.76. The highest BCUT2D eigenvalue weighted by molar-refractivity contribution is 6.31. The predicted octanol–water partition coefficient (Wildman–Crippen LogP) is 3.25. The molecule has 1 aliphatic carbocycles. The number of nitrogens with zero attached hydrogens (tertiary/aromatic N) is 2. The van der Waals surface area contributed by atoms with E-state index < -0.39 is 0 Å². The van der Waals surface area contributed by atoms with E-state index in [-0.39, 0.29) is 0 Å². The van der Waals surface area contributed by atoms with Gasteiger partial charge in [0.25, 0.3) is 0 Å². The second kappa shape index (κ2) is 6.71. The molecule has 0 radical (unpaired) electrons. The fourth-order valence-corrected chi connectivity index (χ4v) is 3.32. The van der Waals surface area contributed by atoms with E-state index in [1.807, 2.05) is 29.9 Å². The lowest BCUT2D eigenvalue weighted by Crippen LogP contribution is -2.17. The van der Waals surface area contributed by atoms with E-state index in [9.17, 15) is 0 Å². The Balaban J connectivity index is 1.65. The summed E-state index contributed by atoms with van der Waals surface area (Å²) < 4.78 is 7.20. The van der Waals surface area contributed by atoms with E-state index in [0.717, 1.165) is 42.3 Å². The Morgan fingerprint density at radius 2 is 2.09 bits per heavy atom. The Kier molecular flexibility index (Phi) is 4.69. The summed E-state index contributed by atoms with van der Waals surface area (Å²) in [6.07, 6.45) is 4.81. The maximum absolute atomic E-state index is 6.28. The largest absolute Gasteiger partial charge is 0.497 e. The zero-order valence-corrected chi connectivity index (χ0v) is 13.9. The molecule has 0 amide bonds. The van der Waals surface area contributed by atoms with Gasteiger partial charge in [-0.2, -0.15) is 5.10 Å². The minimum atomic E-state index is 0.735. The first kappa shape index (κ1) is 15.4. The third-order valence-corrected chi connectivity index (χ3v) is 4.67. The van der Waals surface area contributed by atoms with Gasteiger partial charge < -0.3 is 10.1 Å². The highest BCUT2D eigenvalue weighted by Crippen LogP contribution is 2.24. The van der Waals surface area contributed by atoms with Gasteiger partial charge in [0.1, 0.15) is 5.75 Å². The molecule has 1 aromatic carbocycles. The zero-order chi connectivity index (χ0) is 15.5. The van der Waals surface area contributed by atoms with Crippen molar-refractivity contribution in [3.8, 4) is 5.75 Å². The highest BCUT2D eigenvalue weighted by atomic mass is 35.5. The van der Waals surface area contributed by atoms with Crippen LogP contribution in [0.1, 0.15) is 35.4 Å². The topological polar surface area (TPSA) is 39.1 Å². The molecule has 0 unspecified atom stereocenters. The quantitative estimate of drug-likeness (QED) is 0.919. The van der Waals surface area contributed by atoms with Crippen LogP contribution in [0.3, 0.4) is 0 Å². The molecule has 0 spiro atoms. The van der Waals surface area contributed by atoms with Crippen molar-refractivity contribution >= 4 is 11.6 Å². The van der Waals surface area contributed by atoms with Crippen LogP contribution in [0.4, 0.5) is 0 Å². The summed E-state index contributed by atoms with van der Waals surface area (Å²) in [5, 5.41) is 8.87. The van der Waals surface area contributed by atoms with Crippen LogP contribution >= 0.6 is 11.6 Å². The number of ether oxygens (including phenoxy) is 1. The Labute approximate surface area is 136 Å². The fraction of sp³-hybridized carbons (Fsp3) is 0.471. The van der Waals surface area contributed by atoms with Crippen molar-refractivity contribution in [2.45, 2.75) is 38.8 Å². The second-order valence-corrected chi connectivity index (χ2v) is 6.17. The normalized spacial score (nSPS) is 14.0. The molecule has 1 aromatic heterocycles. The maximum atomic E-state index is 6.28. The van der Waals surface area contributed by atoms with Crippen molar-refractivity contribution in [1.82, 2.24) is 15.1 Å². The third-order valence-electron chi connectivity index (χ3n) is 4.32. The number of fused-ring (bicyclic) bond motifs is 1. The molecule has 1 N–H and O–H groups in total. The first-order valence-corrected chi connectivity index (χ1v) is 8.13. The van der Waals surface area contributed by atoms with E-state index in [1.54, 1.807) is 7.11 Å². The molecule has 0 saturated carbocycles. The molecule has 1 heterocycles. The third kappa shape index (κ3) is 3.13. The van der Waals surface area contributed by atoms with Gasteiger partial charge >= 0.3 is 0 Å². The lowest BCUT2D eigenvalue weighted by atomic mass is 9.96. The van der Waals surface area contributed by atoms with E-state index in [4.69, 9.17) is 16.3 Å². The van der Waals surface area contributed by atoms with Gasteiger partial charge in [0.2, 0.25) is 0 Å². The van der Waals surface area contributed by atoms with Crippen LogP contribution in [-0.2, 0) is 33.0 Å². The minimum absolute atomic E-state index is 0.735. The number of benzene rings is 1. The van der Waals surface area contributed by atoms with Crippen molar-refractivity contribution in [3.05, 3.63) is 45.7 Å². The SMILES string of the molecule is COc1ccc(CNCc2c3c(nn2C)CCCC3)c(Cl)c1. The summed E-state index contributed by atoms with van der Waals surface area (Å²) in [6.45, 7) is 1.56. The Morgan fingerprint density at radius 3 is 2.86 bits per heavy atom. The molecular weight excluding hydrogens is 298 g/mol. The van der Waals surface area contributed by atoms with Gasteiger partial charge in [0, 0.05) is 25.2 Å². The van der Waals surface area contributed by atoms with Crippen molar-refractivity contribution in [3.63, 3.8) is 0 Å². The number of methoxy groups -OCH3 is 1. The van der Waals surface area contributed by atoms with Crippen molar-refractivity contribution in [2.75, 3.05) is 7.11 Å². The smallest absolute Gasteiger partial charge is 0.120 e. The van der Waals surface area contributed by atoms with Gasteiger partial charge in [-0.15, -0.1) is 0 Å². The lowest BCUT2D eigenvalue weighted by molar-refractivity contribution is 0.414. The summed E-state index contributed by atoms with van der Waals surface area (Å²) in [5.41, 5.74) is 5.12. The lowest BCUT2D eigenvalue weighted by Gasteiger charge is -2.12. The molecule has 118 valence electrons. The van der Waals surface area contributed by atoms with Crippen molar-refractivity contribution in [2.24, 2.45) is 7.05 Å². The molecule has 4 nitrogen and oxygen atoms in total. The molecule has 0 aliphatic heterocycles. The van der Waals surface area contributed by atoms with E-state index >= 15 is 0 Å². The van der Waals surface area contributed by atoms with Crippen LogP contribution in [0.25, 0.3) is 0 Å². The van der Waals surface area contributed by atoms with Gasteiger partial charge in [-0.25, -0.2) is 0 Å². The van der Waals surface area contributed by atoms with Crippen molar-refractivity contribution in [1.29, 1.82) is 0 Å². The van der Waals surface area contributed by atoms with E-state index in [0.29, 0.717) is 0 Å². The summed E-state index contributed by atoms with van der Waals surface area (Å²) in [5.74, 6) is 0.787. The average molecular weight is 320 g/mol. The summed E-state index contributed by atoms with van der Waals surface area (Å²) in [4.78, 5) is 0. The molecule has 1 aliphatic rings. The zero-order valence-electron chi connectivity index (χ0n) is 13.2. The number of hydrogen-bond donors (Lipinski definition) is 1. The van der Waals surface area contributed by atoms with Crippen LogP contribution in [0.2, 0.25) is 5.02 Å². The van der Waals surface area contributed by atoms with E-state index in [2.05, 4.69) is 10.4 Å². The van der Waals surface area contributed by atoms with Gasteiger partial charge in [-0.05, 0) is 48.9 Å². The van der Waals surface area contributed by atoms with Gasteiger partial charge in [0.15, 0.2) is 0 Å². The van der Waals surface area contributed by atoms with Crippen LogP contribution in [0, 0.1) is 0 Å². The van der Waals surface area contributed by atoms with E-state index in [1.165, 1.54) is 29.8 Å². The standard InChI is InChI=1S/C17H22ClN3O/c1-21-17(14-5-3-4-6-16(14)20-21)11-19-10-12-7-8-13(22-2)9-15(12)18/h7-9,19H,3-6,10-11H2,1-2H3. The van der Waals surface area contributed by atoms with Gasteiger partial charge in [-0.3, -0.25) is 4.68 Å². The van der Waals surface area contributed by atoms with Crippen LogP contribution in [0.15, 0.2) is 18.2 Å². The number of rotatable bonds is 5. The van der Waals surface area contributed by atoms with Gasteiger partial charge in [-0.1, -0.05) is 17.7 Å². The number of hydrogen-bond acceptors (Lipinski definition) is 3. The number of halogens is 1. The molecule has 0 saturated heterocycles. The molecule has 3 rings (SSSR count). The fourth-order valence-electron chi connectivity index (χ4n) is 3.08. The number of aromatic nitrogens is 2. The number of aryl methyl sites for hydroxylation is 2. The number of nitrogens with one attached hydrogen (secondary N) is 1. The molecule has 0 fully saturated rings. The second-order valence-electron chi connectivity index (χ2n) is 5.76. The Morgan fingerprint density at radius 1 is 1.27 bits per heavy atom. The molecule has 0 bridgehead atoms. The average Bonchev–Trinajstić information content (AvgIpc) is 2.84. The molecular formula is C17H22ClN3O. The minimum Gasteiger partial charge on any atom is -0.497 e. The molecule has 0 atom stereocenters. The molecule has 22 heavy (non-hydrogen) atoms. The van der Waals surface area contributed by atoms with Crippen LogP contribution in [-0.4, -0.2) is 16.9 Å². The predicted molar refractivity (Wildman–Crippen MR) is 88.4 cm³/mol. The monoisotopic (exact) mass is 319 g/mol.